The molecule has 0 aromatic heterocycles. The lowest BCUT2D eigenvalue weighted by molar-refractivity contribution is -0.155. The quantitative estimate of drug-likeness (QED) is 0.680. The maximum Gasteiger partial charge on any atom is 0.308 e. The Morgan fingerprint density at radius 1 is 1.39 bits per heavy atom. The van der Waals surface area contributed by atoms with Gasteiger partial charge < -0.3 is 15.4 Å². The first-order valence-corrected chi connectivity index (χ1v) is 9.55. The third kappa shape index (κ3) is 8.71. The molecule has 0 aromatic carbocycles. The summed E-state index contributed by atoms with van der Waals surface area (Å²) in [5.74, 6) is -0.741. The Labute approximate surface area is 137 Å². The molecule has 1 rings (SSSR count). The van der Waals surface area contributed by atoms with Crippen molar-refractivity contribution in [3.8, 4) is 0 Å². The van der Waals surface area contributed by atoms with E-state index >= 15 is 0 Å². The van der Waals surface area contributed by atoms with Crippen molar-refractivity contribution in [1.29, 1.82) is 0 Å². The molecule has 0 spiro atoms. The van der Waals surface area contributed by atoms with Gasteiger partial charge in [-0.3, -0.25) is 9.59 Å². The molecule has 0 radical (unpaired) electrons. The first-order chi connectivity index (χ1) is 10.5. The van der Waals surface area contributed by atoms with Crippen molar-refractivity contribution in [2.24, 2.45) is 0 Å². The number of hydrogen-bond acceptors (Lipinski definition) is 6. The van der Waals surface area contributed by atoms with E-state index in [-0.39, 0.29) is 18.4 Å². The molecular formula is C15H26N2O5S. The standard InChI is InChI=1S/C15H26N2O5S/c1-15(2,3)22-13(18)10-11(7-9-23(4,20)21)17-14(19)12-6-5-8-16-12/h7,9,11-12,16H,5-6,8,10H2,1-4H3,(H,17,19)/b9-7+/t11-,12-/m1/s1. The van der Waals surface area contributed by atoms with E-state index in [0.717, 1.165) is 31.1 Å². The second-order valence-electron chi connectivity index (χ2n) is 6.71. The van der Waals surface area contributed by atoms with Crippen LogP contribution in [-0.4, -0.2) is 50.8 Å². The zero-order valence-corrected chi connectivity index (χ0v) is 14.9. The van der Waals surface area contributed by atoms with Gasteiger partial charge in [-0.15, -0.1) is 0 Å². The molecular weight excluding hydrogens is 320 g/mol. The van der Waals surface area contributed by atoms with Gasteiger partial charge >= 0.3 is 5.97 Å². The highest BCUT2D eigenvalue weighted by Crippen LogP contribution is 2.11. The molecule has 2 N–H and O–H groups in total. The van der Waals surface area contributed by atoms with Gasteiger partial charge in [0, 0.05) is 11.7 Å². The van der Waals surface area contributed by atoms with Crippen LogP contribution in [0.2, 0.25) is 0 Å². The summed E-state index contributed by atoms with van der Waals surface area (Å²) >= 11 is 0. The highest BCUT2D eigenvalue weighted by Gasteiger charge is 2.26. The molecule has 132 valence electrons. The molecule has 0 bridgehead atoms. The fourth-order valence-electron chi connectivity index (χ4n) is 2.16. The fourth-order valence-corrected chi connectivity index (χ4v) is 2.63. The Morgan fingerprint density at radius 3 is 2.52 bits per heavy atom. The van der Waals surface area contributed by atoms with Crippen LogP contribution in [0.15, 0.2) is 11.5 Å². The third-order valence-corrected chi connectivity index (χ3v) is 3.72. The average Bonchev–Trinajstić information content (AvgIpc) is 2.86. The maximum absolute atomic E-state index is 12.1. The van der Waals surface area contributed by atoms with E-state index in [4.69, 9.17) is 4.74 Å². The van der Waals surface area contributed by atoms with Gasteiger partial charge in [0.1, 0.15) is 5.60 Å². The van der Waals surface area contributed by atoms with Gasteiger partial charge in [0.05, 0.1) is 18.5 Å². The number of carbonyl (C=O) groups excluding carboxylic acids is 2. The van der Waals surface area contributed by atoms with Crippen molar-refractivity contribution >= 4 is 21.7 Å². The van der Waals surface area contributed by atoms with Gasteiger partial charge in [0.25, 0.3) is 0 Å². The predicted molar refractivity (Wildman–Crippen MR) is 87.4 cm³/mol. The summed E-state index contributed by atoms with van der Waals surface area (Å²) in [6.45, 7) is 6.00. The number of hydrogen-bond donors (Lipinski definition) is 2. The molecule has 0 saturated carbocycles. The number of nitrogens with one attached hydrogen (secondary N) is 2. The van der Waals surface area contributed by atoms with E-state index < -0.39 is 27.4 Å². The minimum absolute atomic E-state index is 0.123. The number of amides is 1. The number of ether oxygens (including phenoxy) is 1. The molecule has 1 aliphatic rings. The summed E-state index contributed by atoms with van der Waals surface area (Å²) in [6, 6.07) is -1.03. The molecule has 1 saturated heterocycles. The van der Waals surface area contributed by atoms with E-state index in [1.54, 1.807) is 20.8 Å². The summed E-state index contributed by atoms with van der Waals surface area (Å²) in [5, 5.41) is 6.74. The van der Waals surface area contributed by atoms with Gasteiger partial charge in [-0.2, -0.15) is 0 Å². The van der Waals surface area contributed by atoms with Crippen LogP contribution >= 0.6 is 0 Å². The second-order valence-corrected chi connectivity index (χ2v) is 8.64. The summed E-state index contributed by atoms with van der Waals surface area (Å²) in [6.07, 6.45) is 3.87. The number of esters is 1. The summed E-state index contributed by atoms with van der Waals surface area (Å²) in [5.41, 5.74) is -0.640. The van der Waals surface area contributed by atoms with Crippen LogP contribution in [0.1, 0.15) is 40.0 Å². The van der Waals surface area contributed by atoms with E-state index in [2.05, 4.69) is 10.6 Å². The Morgan fingerprint density at radius 2 is 2.04 bits per heavy atom. The summed E-state index contributed by atoms with van der Waals surface area (Å²) in [4.78, 5) is 24.1. The lowest BCUT2D eigenvalue weighted by Crippen LogP contribution is -2.45. The number of rotatable bonds is 6. The van der Waals surface area contributed by atoms with Crippen molar-refractivity contribution in [1.82, 2.24) is 10.6 Å². The minimum Gasteiger partial charge on any atom is -0.460 e. The van der Waals surface area contributed by atoms with E-state index in [1.165, 1.54) is 6.08 Å². The number of sulfone groups is 1. The second kappa shape index (κ2) is 7.92. The van der Waals surface area contributed by atoms with Crippen molar-refractivity contribution in [3.63, 3.8) is 0 Å². The van der Waals surface area contributed by atoms with Gasteiger partial charge in [-0.25, -0.2) is 8.42 Å². The van der Waals surface area contributed by atoms with Gasteiger partial charge in [-0.1, -0.05) is 6.08 Å². The largest absolute Gasteiger partial charge is 0.460 e. The molecule has 2 atom stereocenters. The zero-order valence-electron chi connectivity index (χ0n) is 14.1. The zero-order chi connectivity index (χ0) is 17.7. The molecule has 0 aromatic rings. The molecule has 0 aliphatic carbocycles. The summed E-state index contributed by atoms with van der Waals surface area (Å²) < 4.78 is 27.7. The van der Waals surface area contributed by atoms with E-state index in [0.29, 0.717) is 0 Å². The SMILES string of the molecule is CC(C)(C)OC(=O)C[C@@H](/C=C/S(C)(=O)=O)NC(=O)[C@H]1CCCN1. The van der Waals surface area contributed by atoms with Crippen molar-refractivity contribution < 1.29 is 22.7 Å². The smallest absolute Gasteiger partial charge is 0.308 e. The van der Waals surface area contributed by atoms with Crippen molar-refractivity contribution in [2.75, 3.05) is 12.8 Å². The lowest BCUT2D eigenvalue weighted by atomic mass is 10.1. The number of carbonyl (C=O) groups is 2. The summed E-state index contributed by atoms with van der Waals surface area (Å²) in [7, 11) is -3.34. The first-order valence-electron chi connectivity index (χ1n) is 7.60. The molecule has 8 heteroatoms. The molecule has 23 heavy (non-hydrogen) atoms. The van der Waals surface area contributed by atoms with Crippen LogP contribution in [0, 0.1) is 0 Å². The monoisotopic (exact) mass is 346 g/mol. The van der Waals surface area contributed by atoms with Crippen LogP contribution in [0.4, 0.5) is 0 Å². The van der Waals surface area contributed by atoms with Crippen LogP contribution in [0.5, 0.6) is 0 Å². The topological polar surface area (TPSA) is 102 Å². The minimum atomic E-state index is -3.34. The Hall–Kier alpha value is -1.41. The highest BCUT2D eigenvalue weighted by atomic mass is 32.2. The maximum atomic E-state index is 12.1. The van der Waals surface area contributed by atoms with Crippen molar-refractivity contribution in [3.05, 3.63) is 11.5 Å². The van der Waals surface area contributed by atoms with E-state index in [1.807, 2.05) is 0 Å². The van der Waals surface area contributed by atoms with Crippen LogP contribution in [0.25, 0.3) is 0 Å². The average molecular weight is 346 g/mol. The van der Waals surface area contributed by atoms with Gasteiger partial charge in [0.2, 0.25) is 5.91 Å². The molecule has 1 aliphatic heterocycles. The fraction of sp³-hybridized carbons (Fsp3) is 0.733. The van der Waals surface area contributed by atoms with Gasteiger partial charge in [0.15, 0.2) is 9.84 Å². The Kier molecular flexibility index (Phi) is 6.76. The van der Waals surface area contributed by atoms with Crippen LogP contribution in [0.3, 0.4) is 0 Å². The molecule has 1 heterocycles. The van der Waals surface area contributed by atoms with Crippen molar-refractivity contribution in [2.45, 2.75) is 57.7 Å². The molecule has 0 unspecified atom stereocenters. The molecule has 1 fully saturated rings. The lowest BCUT2D eigenvalue weighted by Gasteiger charge is -2.22. The molecule has 1 amide bonds. The normalized spacial score (nSPS) is 20.4. The van der Waals surface area contributed by atoms with Gasteiger partial charge in [-0.05, 0) is 40.2 Å². The first kappa shape index (κ1) is 19.6. The molecule has 7 nitrogen and oxygen atoms in total. The predicted octanol–water partition coefficient (Wildman–Crippen LogP) is 0.513. The third-order valence-electron chi connectivity index (χ3n) is 3.07. The highest BCUT2D eigenvalue weighted by molar-refractivity contribution is 7.93. The Bertz CT molecular complexity index is 557. The van der Waals surface area contributed by atoms with Crippen LogP contribution in [-0.2, 0) is 24.2 Å². The van der Waals surface area contributed by atoms with E-state index in [9.17, 15) is 18.0 Å². The Balaban J connectivity index is 2.74. The van der Waals surface area contributed by atoms with Crippen LogP contribution < -0.4 is 10.6 Å².